The average Bonchev–Trinajstić information content (AvgIpc) is 3.26. The fourth-order valence-corrected chi connectivity index (χ4v) is 2.03. The third kappa shape index (κ3) is 2.70. The maximum Gasteiger partial charge on any atom is 0.145 e. The van der Waals surface area contributed by atoms with Gasteiger partial charge in [-0.05, 0) is 43.5 Å². The van der Waals surface area contributed by atoms with Crippen molar-refractivity contribution in [2.75, 3.05) is 10.7 Å². The quantitative estimate of drug-likeness (QED) is 0.590. The number of nitrogens with two attached hydrogens (primary N) is 1. The molecule has 1 aliphatic rings. The fraction of sp³-hybridized carbons (Fsp3) is 0.286. The van der Waals surface area contributed by atoms with Crippen LogP contribution in [-0.4, -0.2) is 9.97 Å². The Balaban J connectivity index is 1.91. The maximum atomic E-state index is 13.1. The SMILES string of the molecule is Cc1cc(F)ccc1Nc1cc(NN)nc(C2CC2)n1. The molecule has 1 aromatic carbocycles. The van der Waals surface area contributed by atoms with E-state index in [2.05, 4.69) is 20.7 Å². The number of benzene rings is 1. The molecule has 0 radical (unpaired) electrons. The van der Waals surface area contributed by atoms with Crippen LogP contribution in [-0.2, 0) is 0 Å². The van der Waals surface area contributed by atoms with E-state index < -0.39 is 0 Å². The highest BCUT2D eigenvalue weighted by molar-refractivity contribution is 5.62. The van der Waals surface area contributed by atoms with Gasteiger partial charge in [-0.25, -0.2) is 20.2 Å². The van der Waals surface area contributed by atoms with Gasteiger partial charge in [0.1, 0.15) is 23.3 Å². The van der Waals surface area contributed by atoms with Crippen LogP contribution in [0.1, 0.15) is 30.1 Å². The van der Waals surface area contributed by atoms with E-state index >= 15 is 0 Å². The Morgan fingerprint density at radius 1 is 1.20 bits per heavy atom. The molecule has 0 bridgehead atoms. The summed E-state index contributed by atoms with van der Waals surface area (Å²) in [5.74, 6) is 7.64. The first-order chi connectivity index (χ1) is 9.65. The Morgan fingerprint density at radius 2 is 1.95 bits per heavy atom. The van der Waals surface area contributed by atoms with Crippen molar-refractivity contribution in [1.29, 1.82) is 0 Å². The summed E-state index contributed by atoms with van der Waals surface area (Å²) in [6.45, 7) is 1.84. The lowest BCUT2D eigenvalue weighted by Crippen LogP contribution is -2.11. The summed E-state index contributed by atoms with van der Waals surface area (Å²) in [4.78, 5) is 8.84. The number of nitrogen functional groups attached to an aromatic ring is 1. The summed E-state index contributed by atoms with van der Waals surface area (Å²) < 4.78 is 13.1. The second kappa shape index (κ2) is 5.05. The number of hydrogen-bond acceptors (Lipinski definition) is 5. The molecule has 0 aliphatic heterocycles. The van der Waals surface area contributed by atoms with Crippen molar-refractivity contribution in [2.45, 2.75) is 25.7 Å². The van der Waals surface area contributed by atoms with Gasteiger partial charge < -0.3 is 10.7 Å². The lowest BCUT2D eigenvalue weighted by atomic mass is 10.2. The smallest absolute Gasteiger partial charge is 0.145 e. The molecule has 20 heavy (non-hydrogen) atoms. The molecule has 0 spiro atoms. The van der Waals surface area contributed by atoms with Crippen molar-refractivity contribution in [3.8, 4) is 0 Å². The number of rotatable bonds is 4. The molecule has 0 atom stereocenters. The zero-order chi connectivity index (χ0) is 14.1. The third-order valence-electron chi connectivity index (χ3n) is 3.29. The predicted molar refractivity (Wildman–Crippen MR) is 76.2 cm³/mol. The van der Waals surface area contributed by atoms with E-state index in [4.69, 9.17) is 5.84 Å². The van der Waals surface area contributed by atoms with Crippen LogP contribution in [0.3, 0.4) is 0 Å². The Morgan fingerprint density at radius 3 is 2.60 bits per heavy atom. The highest BCUT2D eigenvalue weighted by atomic mass is 19.1. The van der Waals surface area contributed by atoms with Gasteiger partial charge in [-0.1, -0.05) is 0 Å². The molecule has 2 aromatic rings. The Hall–Kier alpha value is -2.21. The zero-order valence-electron chi connectivity index (χ0n) is 11.2. The fourth-order valence-electron chi connectivity index (χ4n) is 2.03. The molecular formula is C14H16FN5. The maximum absolute atomic E-state index is 13.1. The summed E-state index contributed by atoms with van der Waals surface area (Å²) in [5, 5.41) is 3.18. The molecular weight excluding hydrogens is 257 g/mol. The summed E-state index contributed by atoms with van der Waals surface area (Å²) in [6, 6.07) is 6.32. The topological polar surface area (TPSA) is 75.9 Å². The Kier molecular flexibility index (Phi) is 3.23. The number of aromatic nitrogens is 2. The molecule has 4 N–H and O–H groups in total. The van der Waals surface area contributed by atoms with Crippen molar-refractivity contribution in [3.05, 3.63) is 41.5 Å². The van der Waals surface area contributed by atoms with Gasteiger partial charge in [-0.3, -0.25) is 0 Å². The van der Waals surface area contributed by atoms with E-state index in [-0.39, 0.29) is 5.82 Å². The third-order valence-corrected chi connectivity index (χ3v) is 3.29. The minimum absolute atomic E-state index is 0.251. The minimum atomic E-state index is -0.251. The number of hydrogen-bond donors (Lipinski definition) is 3. The van der Waals surface area contributed by atoms with Crippen LogP contribution in [0.5, 0.6) is 0 Å². The number of hydrazine groups is 1. The van der Waals surface area contributed by atoms with Crippen LogP contribution < -0.4 is 16.6 Å². The zero-order valence-corrected chi connectivity index (χ0v) is 11.2. The molecule has 1 aromatic heterocycles. The van der Waals surface area contributed by atoms with Gasteiger partial charge in [-0.2, -0.15) is 0 Å². The number of nitrogens with zero attached hydrogens (tertiary/aromatic N) is 2. The van der Waals surface area contributed by atoms with Crippen LogP contribution >= 0.6 is 0 Å². The number of aryl methyl sites for hydroxylation is 1. The molecule has 0 saturated heterocycles. The number of nitrogens with one attached hydrogen (secondary N) is 2. The second-order valence-electron chi connectivity index (χ2n) is 5.00. The van der Waals surface area contributed by atoms with Crippen LogP contribution in [0.4, 0.5) is 21.7 Å². The molecule has 0 unspecified atom stereocenters. The van der Waals surface area contributed by atoms with Gasteiger partial charge >= 0.3 is 0 Å². The van der Waals surface area contributed by atoms with Crippen molar-refractivity contribution >= 4 is 17.3 Å². The average molecular weight is 273 g/mol. The standard InChI is InChI=1S/C14H16FN5/c1-8-6-10(15)4-5-11(8)17-12-7-13(20-16)19-14(18-12)9-2-3-9/h4-7,9H,2-3,16H2,1H3,(H2,17,18,19,20). The van der Waals surface area contributed by atoms with Crippen LogP contribution in [0, 0.1) is 12.7 Å². The van der Waals surface area contributed by atoms with Gasteiger partial charge in [0.15, 0.2) is 0 Å². The second-order valence-corrected chi connectivity index (χ2v) is 5.00. The molecule has 6 heteroatoms. The summed E-state index contributed by atoms with van der Waals surface area (Å²) in [6.07, 6.45) is 2.23. The highest BCUT2D eigenvalue weighted by Crippen LogP contribution is 2.39. The Labute approximate surface area is 116 Å². The van der Waals surface area contributed by atoms with Crippen molar-refractivity contribution in [2.24, 2.45) is 5.84 Å². The Bertz CT molecular complexity index is 639. The van der Waals surface area contributed by atoms with Crippen molar-refractivity contribution < 1.29 is 4.39 Å². The molecule has 5 nitrogen and oxygen atoms in total. The number of anilines is 3. The van der Waals surface area contributed by atoms with Crippen LogP contribution in [0.15, 0.2) is 24.3 Å². The van der Waals surface area contributed by atoms with E-state index in [1.165, 1.54) is 12.1 Å². The monoisotopic (exact) mass is 273 g/mol. The molecule has 0 amide bonds. The van der Waals surface area contributed by atoms with Gasteiger partial charge in [0, 0.05) is 17.7 Å². The highest BCUT2D eigenvalue weighted by Gasteiger charge is 2.27. The van der Waals surface area contributed by atoms with E-state index in [0.29, 0.717) is 17.6 Å². The lowest BCUT2D eigenvalue weighted by Gasteiger charge is -2.11. The van der Waals surface area contributed by atoms with E-state index in [0.717, 1.165) is 29.9 Å². The van der Waals surface area contributed by atoms with Gasteiger partial charge in [-0.15, -0.1) is 0 Å². The first-order valence-corrected chi connectivity index (χ1v) is 6.54. The molecule has 1 heterocycles. The van der Waals surface area contributed by atoms with Gasteiger partial charge in [0.25, 0.3) is 0 Å². The summed E-state index contributed by atoms with van der Waals surface area (Å²) in [5.41, 5.74) is 4.18. The molecule has 1 saturated carbocycles. The summed E-state index contributed by atoms with van der Waals surface area (Å²) >= 11 is 0. The molecule has 1 aliphatic carbocycles. The largest absolute Gasteiger partial charge is 0.340 e. The lowest BCUT2D eigenvalue weighted by molar-refractivity contribution is 0.627. The van der Waals surface area contributed by atoms with E-state index in [9.17, 15) is 4.39 Å². The van der Waals surface area contributed by atoms with Crippen LogP contribution in [0.25, 0.3) is 0 Å². The number of halogens is 1. The van der Waals surface area contributed by atoms with Gasteiger partial charge in [0.05, 0.1) is 0 Å². The normalized spacial score (nSPS) is 14.2. The molecule has 1 fully saturated rings. The molecule has 104 valence electrons. The van der Waals surface area contributed by atoms with Crippen LogP contribution in [0.2, 0.25) is 0 Å². The van der Waals surface area contributed by atoms with Crippen molar-refractivity contribution in [1.82, 2.24) is 9.97 Å². The predicted octanol–water partition coefficient (Wildman–Crippen LogP) is 2.83. The van der Waals surface area contributed by atoms with Crippen molar-refractivity contribution in [3.63, 3.8) is 0 Å². The minimum Gasteiger partial charge on any atom is -0.340 e. The van der Waals surface area contributed by atoms with Gasteiger partial charge in [0.2, 0.25) is 0 Å². The first kappa shape index (κ1) is 12.8. The first-order valence-electron chi connectivity index (χ1n) is 6.54. The summed E-state index contributed by atoms with van der Waals surface area (Å²) in [7, 11) is 0. The van der Waals surface area contributed by atoms with E-state index in [1.54, 1.807) is 12.1 Å². The molecule has 3 rings (SSSR count). The van der Waals surface area contributed by atoms with E-state index in [1.807, 2.05) is 6.92 Å².